The first-order chi connectivity index (χ1) is 5.68. The first kappa shape index (κ1) is 7.80. The van der Waals surface area contributed by atoms with Crippen LogP contribution in [0.3, 0.4) is 0 Å². The summed E-state index contributed by atoms with van der Waals surface area (Å²) in [5.41, 5.74) is 8.44. The molecule has 1 aliphatic heterocycles. The van der Waals surface area contributed by atoms with Crippen molar-refractivity contribution in [3.05, 3.63) is 17.2 Å². The predicted molar refractivity (Wildman–Crippen MR) is 48.0 cm³/mol. The molecular formula is C9H15N3. The number of hydrogen-bond donors (Lipinski definition) is 1. The second kappa shape index (κ2) is 2.59. The predicted octanol–water partition coefficient (Wildman–Crippen LogP) is 0.773. The molecule has 3 nitrogen and oxygen atoms in total. The van der Waals surface area contributed by atoms with Gasteiger partial charge in [0, 0.05) is 18.3 Å². The highest BCUT2D eigenvalue weighted by atomic mass is 15.1. The lowest BCUT2D eigenvalue weighted by molar-refractivity contribution is 0.452. The van der Waals surface area contributed by atoms with E-state index in [0.717, 1.165) is 25.2 Å². The van der Waals surface area contributed by atoms with E-state index in [1.54, 1.807) is 0 Å². The zero-order valence-corrected chi connectivity index (χ0v) is 7.67. The quantitative estimate of drug-likeness (QED) is 0.617. The Bertz CT molecular complexity index is 301. The fourth-order valence-corrected chi connectivity index (χ4v) is 1.96. The average molecular weight is 165 g/mol. The summed E-state index contributed by atoms with van der Waals surface area (Å²) in [6.45, 7) is 5.08. The van der Waals surface area contributed by atoms with Crippen molar-refractivity contribution in [3.8, 4) is 0 Å². The van der Waals surface area contributed by atoms with Gasteiger partial charge in [-0.1, -0.05) is 0 Å². The van der Waals surface area contributed by atoms with Crippen LogP contribution in [-0.2, 0) is 13.0 Å². The van der Waals surface area contributed by atoms with Crippen LogP contribution >= 0.6 is 0 Å². The summed E-state index contributed by atoms with van der Waals surface area (Å²) in [7, 11) is 0. The van der Waals surface area contributed by atoms with Crippen LogP contribution in [0.5, 0.6) is 0 Å². The lowest BCUT2D eigenvalue weighted by Gasteiger charge is -2.21. The molecule has 0 radical (unpaired) electrons. The number of rotatable bonds is 0. The molecule has 0 aromatic carbocycles. The molecule has 3 heteroatoms. The monoisotopic (exact) mass is 165 g/mol. The Balaban J connectivity index is 2.45. The SMILES string of the molecule is Cc1nc(C)n2c1CCC(N)C2. The Morgan fingerprint density at radius 2 is 2.25 bits per heavy atom. The lowest BCUT2D eigenvalue weighted by Crippen LogP contribution is -2.32. The Hall–Kier alpha value is -0.830. The third-order valence-electron chi connectivity index (χ3n) is 2.63. The maximum absolute atomic E-state index is 5.88. The number of fused-ring (bicyclic) bond motifs is 1. The normalized spacial score (nSPS) is 22.4. The summed E-state index contributed by atoms with van der Waals surface area (Å²) in [5.74, 6) is 1.11. The van der Waals surface area contributed by atoms with Gasteiger partial charge in [-0.15, -0.1) is 0 Å². The van der Waals surface area contributed by atoms with Crippen molar-refractivity contribution in [2.45, 2.75) is 39.3 Å². The van der Waals surface area contributed by atoms with Crippen LogP contribution in [-0.4, -0.2) is 15.6 Å². The van der Waals surface area contributed by atoms with Crippen molar-refractivity contribution in [2.24, 2.45) is 5.73 Å². The highest BCUT2D eigenvalue weighted by Crippen LogP contribution is 2.18. The third-order valence-corrected chi connectivity index (χ3v) is 2.63. The van der Waals surface area contributed by atoms with E-state index in [-0.39, 0.29) is 0 Å². The van der Waals surface area contributed by atoms with Gasteiger partial charge in [-0.2, -0.15) is 0 Å². The van der Waals surface area contributed by atoms with Crippen molar-refractivity contribution in [3.63, 3.8) is 0 Å². The lowest BCUT2D eigenvalue weighted by atomic mass is 10.1. The molecule has 0 bridgehead atoms. The van der Waals surface area contributed by atoms with E-state index < -0.39 is 0 Å². The van der Waals surface area contributed by atoms with Crippen molar-refractivity contribution in [1.29, 1.82) is 0 Å². The van der Waals surface area contributed by atoms with E-state index in [1.165, 1.54) is 11.4 Å². The average Bonchev–Trinajstić information content (AvgIpc) is 2.28. The molecule has 1 aliphatic rings. The van der Waals surface area contributed by atoms with Gasteiger partial charge in [0.15, 0.2) is 0 Å². The molecule has 0 saturated carbocycles. The second-order valence-electron chi connectivity index (χ2n) is 3.60. The smallest absolute Gasteiger partial charge is 0.106 e. The van der Waals surface area contributed by atoms with Crippen LogP contribution in [0.15, 0.2) is 0 Å². The molecule has 2 heterocycles. The van der Waals surface area contributed by atoms with Gasteiger partial charge in [0.25, 0.3) is 0 Å². The van der Waals surface area contributed by atoms with E-state index in [9.17, 15) is 0 Å². The fourth-order valence-electron chi connectivity index (χ4n) is 1.96. The molecule has 0 fully saturated rings. The van der Waals surface area contributed by atoms with Crippen LogP contribution in [0.1, 0.15) is 23.6 Å². The van der Waals surface area contributed by atoms with E-state index in [2.05, 4.69) is 23.4 Å². The number of aromatic nitrogens is 2. The molecule has 0 amide bonds. The molecule has 1 aromatic heterocycles. The van der Waals surface area contributed by atoms with Gasteiger partial charge < -0.3 is 10.3 Å². The van der Waals surface area contributed by atoms with Crippen molar-refractivity contribution in [1.82, 2.24) is 9.55 Å². The molecule has 66 valence electrons. The van der Waals surface area contributed by atoms with Gasteiger partial charge >= 0.3 is 0 Å². The van der Waals surface area contributed by atoms with E-state index in [4.69, 9.17) is 5.73 Å². The first-order valence-corrected chi connectivity index (χ1v) is 4.46. The van der Waals surface area contributed by atoms with Crippen LogP contribution < -0.4 is 5.73 Å². The van der Waals surface area contributed by atoms with Gasteiger partial charge in [0.2, 0.25) is 0 Å². The van der Waals surface area contributed by atoms with Gasteiger partial charge in [0.1, 0.15) is 5.82 Å². The van der Waals surface area contributed by atoms with E-state index in [1.807, 2.05) is 0 Å². The molecule has 2 N–H and O–H groups in total. The Morgan fingerprint density at radius 1 is 1.50 bits per heavy atom. The molecule has 12 heavy (non-hydrogen) atoms. The number of aryl methyl sites for hydroxylation is 2. The molecule has 1 unspecified atom stereocenters. The maximum atomic E-state index is 5.88. The largest absolute Gasteiger partial charge is 0.330 e. The maximum Gasteiger partial charge on any atom is 0.106 e. The molecule has 1 aromatic rings. The summed E-state index contributed by atoms with van der Waals surface area (Å²) < 4.78 is 2.25. The summed E-state index contributed by atoms with van der Waals surface area (Å²) in [4.78, 5) is 4.43. The number of imidazole rings is 1. The topological polar surface area (TPSA) is 43.8 Å². The summed E-state index contributed by atoms with van der Waals surface area (Å²) in [5, 5.41) is 0. The van der Waals surface area contributed by atoms with Crippen molar-refractivity contribution in [2.75, 3.05) is 0 Å². The summed E-state index contributed by atoms with van der Waals surface area (Å²) >= 11 is 0. The van der Waals surface area contributed by atoms with Gasteiger partial charge in [-0.25, -0.2) is 4.98 Å². The van der Waals surface area contributed by atoms with Crippen LogP contribution in [0.2, 0.25) is 0 Å². The minimum absolute atomic E-state index is 0.324. The number of hydrogen-bond acceptors (Lipinski definition) is 2. The van der Waals surface area contributed by atoms with Gasteiger partial charge in [-0.3, -0.25) is 0 Å². The standard InChI is InChI=1S/C9H15N3/c1-6-9-4-3-8(10)5-12(9)7(2)11-6/h8H,3-5,10H2,1-2H3. The Morgan fingerprint density at radius 3 is 3.00 bits per heavy atom. The zero-order valence-electron chi connectivity index (χ0n) is 7.67. The van der Waals surface area contributed by atoms with E-state index >= 15 is 0 Å². The molecule has 2 rings (SSSR count). The highest BCUT2D eigenvalue weighted by molar-refractivity contribution is 5.17. The Kier molecular flexibility index (Phi) is 1.68. The van der Waals surface area contributed by atoms with Crippen molar-refractivity contribution < 1.29 is 0 Å². The molecule has 0 saturated heterocycles. The highest BCUT2D eigenvalue weighted by Gasteiger charge is 2.19. The third kappa shape index (κ3) is 1.05. The molecule has 0 aliphatic carbocycles. The van der Waals surface area contributed by atoms with Crippen LogP contribution in [0, 0.1) is 13.8 Å². The number of nitrogens with zero attached hydrogens (tertiary/aromatic N) is 2. The fraction of sp³-hybridized carbons (Fsp3) is 0.667. The minimum Gasteiger partial charge on any atom is -0.330 e. The number of nitrogens with two attached hydrogens (primary N) is 1. The van der Waals surface area contributed by atoms with Crippen LogP contribution in [0.25, 0.3) is 0 Å². The summed E-state index contributed by atoms with van der Waals surface area (Å²) in [6.07, 6.45) is 2.19. The van der Waals surface area contributed by atoms with Crippen LogP contribution in [0.4, 0.5) is 0 Å². The van der Waals surface area contributed by atoms with Gasteiger partial charge in [0.05, 0.1) is 5.69 Å². The minimum atomic E-state index is 0.324. The van der Waals surface area contributed by atoms with Gasteiger partial charge in [-0.05, 0) is 26.7 Å². The molecule has 0 spiro atoms. The second-order valence-corrected chi connectivity index (χ2v) is 3.60. The molecular weight excluding hydrogens is 150 g/mol. The summed E-state index contributed by atoms with van der Waals surface area (Å²) in [6, 6.07) is 0.324. The molecule has 1 atom stereocenters. The zero-order chi connectivity index (χ0) is 8.72. The first-order valence-electron chi connectivity index (χ1n) is 4.46. The van der Waals surface area contributed by atoms with Crippen molar-refractivity contribution >= 4 is 0 Å². The van der Waals surface area contributed by atoms with E-state index in [0.29, 0.717) is 6.04 Å². The Labute approximate surface area is 72.6 Å².